The Morgan fingerprint density at radius 3 is 1.14 bits per heavy atom. The molecule has 5 rings (SSSR count). The van der Waals surface area contributed by atoms with Crippen LogP contribution in [0.4, 0.5) is 0 Å². The van der Waals surface area contributed by atoms with Crippen LogP contribution in [-0.2, 0) is 60.2 Å². The van der Waals surface area contributed by atoms with Crippen molar-refractivity contribution < 1.29 is 58.9 Å². The van der Waals surface area contributed by atoms with Gasteiger partial charge in [0.1, 0.15) is 8.07 Å². The summed E-state index contributed by atoms with van der Waals surface area (Å²) in [5.41, 5.74) is 11.7. The van der Waals surface area contributed by atoms with Gasteiger partial charge in [-0.25, -0.2) is 6.08 Å². The van der Waals surface area contributed by atoms with Gasteiger partial charge in [0.15, 0.2) is 0 Å². The molecule has 0 saturated carbocycles. The van der Waals surface area contributed by atoms with E-state index in [1.807, 2.05) is 0 Å². The van der Waals surface area contributed by atoms with Crippen molar-refractivity contribution in [2.24, 2.45) is 0 Å². The van der Waals surface area contributed by atoms with Crippen molar-refractivity contribution in [3.63, 3.8) is 0 Å². The minimum atomic E-state index is -2.67. The van der Waals surface area contributed by atoms with E-state index in [0.29, 0.717) is 0 Å². The van der Waals surface area contributed by atoms with Crippen LogP contribution in [0.1, 0.15) is 91.6 Å². The van der Waals surface area contributed by atoms with E-state index in [9.17, 15) is 0 Å². The van der Waals surface area contributed by atoms with Crippen LogP contribution in [0.25, 0.3) is 6.08 Å². The van der Waals surface area contributed by atoms with Gasteiger partial charge in [0.2, 0.25) is 0 Å². The van der Waals surface area contributed by atoms with Crippen molar-refractivity contribution in [1.82, 2.24) is 0 Å². The molecule has 0 bridgehead atoms. The standard InChI is InChI=1S/C39H45Si.3ClH.Ti/c1-7-28-19-29(8-2)23-35(22-28)40(36-24-30(9-3)20-31(10-4)25-36,37-26-32(11-5)21-33(12-6)27-37)39-18-17-34-15-13-14-16-38(34)39;;;;/h13-17,19-27,39H,7-12H2,1-6H3;3*1H;/q-1;;;;+4/p-3. The zero-order valence-electron chi connectivity index (χ0n) is 27.0. The molecule has 44 heavy (non-hydrogen) atoms. The molecule has 4 aromatic carbocycles. The molecule has 1 aliphatic carbocycles. The molecule has 0 N–H and O–H groups in total. The summed E-state index contributed by atoms with van der Waals surface area (Å²) in [6.45, 7) is 13.8. The van der Waals surface area contributed by atoms with Gasteiger partial charge >= 0.3 is 21.7 Å². The predicted octanol–water partition coefficient (Wildman–Crippen LogP) is -1.31. The SMILES string of the molecule is CCc1cc(CC)cc([Si](c2cc(CC)cc(CC)c2)(c2cc(CC)cc(CC)c2)C2[C-]=Cc3ccccc32)c1.[Cl-].[Cl-].[Cl-].[Ti+4]. The van der Waals surface area contributed by atoms with E-state index in [1.165, 1.54) is 60.1 Å². The molecule has 5 heteroatoms. The summed E-state index contributed by atoms with van der Waals surface area (Å²) >= 11 is 0. The third-order valence-electron chi connectivity index (χ3n) is 9.12. The molecule has 1 unspecified atom stereocenters. The van der Waals surface area contributed by atoms with Crippen LogP contribution in [0.3, 0.4) is 0 Å². The van der Waals surface area contributed by atoms with Gasteiger partial charge in [-0.1, -0.05) is 120 Å². The number of aryl methyl sites for hydroxylation is 6. The van der Waals surface area contributed by atoms with Crippen molar-refractivity contribution >= 4 is 29.7 Å². The maximum Gasteiger partial charge on any atom is 4.00 e. The van der Waals surface area contributed by atoms with Crippen molar-refractivity contribution in [1.29, 1.82) is 0 Å². The van der Waals surface area contributed by atoms with Crippen LogP contribution in [0.5, 0.6) is 0 Å². The van der Waals surface area contributed by atoms with Crippen LogP contribution in [0, 0.1) is 6.08 Å². The third kappa shape index (κ3) is 7.68. The normalized spacial score (nSPS) is 13.2. The molecule has 0 aromatic heterocycles. The molecule has 0 radical (unpaired) electrons. The third-order valence-corrected chi connectivity index (χ3v) is 14.1. The van der Waals surface area contributed by atoms with E-state index in [4.69, 9.17) is 0 Å². The van der Waals surface area contributed by atoms with Gasteiger partial charge in [0, 0.05) is 0 Å². The fourth-order valence-corrected chi connectivity index (χ4v) is 12.3. The molecule has 230 valence electrons. The summed E-state index contributed by atoms with van der Waals surface area (Å²) < 4.78 is 0. The topological polar surface area (TPSA) is 0 Å². The van der Waals surface area contributed by atoms with E-state index in [0.717, 1.165) is 38.5 Å². The molecule has 0 spiro atoms. The fraction of sp³-hybridized carbons (Fsp3) is 0.333. The fourth-order valence-electron chi connectivity index (χ4n) is 6.72. The molecular formula is C39H45Cl3SiTi. The first-order valence-corrected chi connectivity index (χ1v) is 17.7. The van der Waals surface area contributed by atoms with Crippen molar-refractivity contribution in [3.8, 4) is 0 Å². The Hall–Kier alpha value is -1.58. The van der Waals surface area contributed by atoms with Gasteiger partial charge in [0.25, 0.3) is 0 Å². The number of rotatable bonds is 10. The first kappa shape index (κ1) is 40.4. The van der Waals surface area contributed by atoms with Crippen LogP contribution in [0.15, 0.2) is 78.9 Å². The van der Waals surface area contributed by atoms with Crippen LogP contribution in [0.2, 0.25) is 0 Å². The van der Waals surface area contributed by atoms with Gasteiger partial charge in [-0.3, -0.25) is 6.08 Å². The summed E-state index contributed by atoms with van der Waals surface area (Å²) in [5, 5.41) is 4.62. The van der Waals surface area contributed by atoms with Gasteiger partial charge in [-0.2, -0.15) is 5.56 Å². The number of hydrogen-bond acceptors (Lipinski definition) is 0. The second kappa shape index (κ2) is 17.9. The van der Waals surface area contributed by atoms with Crippen molar-refractivity contribution in [3.05, 3.63) is 129 Å². The van der Waals surface area contributed by atoms with Crippen LogP contribution >= 0.6 is 0 Å². The Kier molecular flexibility index (Phi) is 16.5. The Morgan fingerprint density at radius 2 is 0.818 bits per heavy atom. The number of benzene rings is 4. The molecule has 1 atom stereocenters. The quantitative estimate of drug-likeness (QED) is 0.110. The Labute approximate surface area is 301 Å². The van der Waals surface area contributed by atoms with Crippen LogP contribution < -0.4 is 52.8 Å². The van der Waals surface area contributed by atoms with Crippen molar-refractivity contribution in [2.45, 2.75) is 85.6 Å². The molecule has 0 amide bonds. The maximum absolute atomic E-state index is 4.02. The van der Waals surface area contributed by atoms with E-state index >= 15 is 0 Å². The summed E-state index contributed by atoms with van der Waals surface area (Å²) in [7, 11) is -2.67. The zero-order chi connectivity index (χ0) is 28.3. The molecular weight excluding hydrogens is 651 g/mol. The predicted molar refractivity (Wildman–Crippen MR) is 177 cm³/mol. The van der Waals surface area contributed by atoms with Gasteiger partial charge < -0.3 is 37.2 Å². The average Bonchev–Trinajstić information content (AvgIpc) is 3.45. The summed E-state index contributed by atoms with van der Waals surface area (Å²) in [6, 6.07) is 31.8. The Morgan fingerprint density at radius 1 is 0.500 bits per heavy atom. The average molecular weight is 696 g/mol. The first-order valence-electron chi connectivity index (χ1n) is 15.6. The number of halogens is 3. The Balaban J connectivity index is 0.00000242. The second-order valence-corrected chi connectivity index (χ2v) is 15.3. The smallest absolute Gasteiger partial charge is 1.00 e. The van der Waals surface area contributed by atoms with Crippen LogP contribution in [-0.4, -0.2) is 8.07 Å². The van der Waals surface area contributed by atoms with Gasteiger partial charge in [-0.15, -0.1) is 11.6 Å². The van der Waals surface area contributed by atoms with E-state index in [-0.39, 0.29) is 64.5 Å². The minimum Gasteiger partial charge on any atom is -1.00 e. The molecule has 0 aliphatic heterocycles. The molecule has 4 aromatic rings. The largest absolute Gasteiger partial charge is 4.00 e. The van der Waals surface area contributed by atoms with E-state index in [1.54, 1.807) is 0 Å². The monoisotopic (exact) mass is 694 g/mol. The Bertz CT molecular complexity index is 1340. The number of fused-ring (bicyclic) bond motifs is 1. The summed E-state index contributed by atoms with van der Waals surface area (Å²) in [5.74, 6) is 0. The zero-order valence-corrected chi connectivity index (χ0v) is 31.9. The molecule has 1 aliphatic rings. The second-order valence-electron chi connectivity index (χ2n) is 11.4. The molecule has 0 nitrogen and oxygen atoms in total. The van der Waals surface area contributed by atoms with E-state index < -0.39 is 8.07 Å². The maximum atomic E-state index is 4.02. The summed E-state index contributed by atoms with van der Waals surface area (Å²) in [6.07, 6.45) is 12.6. The molecule has 0 fully saturated rings. The van der Waals surface area contributed by atoms with Gasteiger partial charge in [-0.05, 0) is 87.5 Å². The molecule has 0 heterocycles. The first-order chi connectivity index (χ1) is 19.5. The van der Waals surface area contributed by atoms with Crippen molar-refractivity contribution in [2.75, 3.05) is 0 Å². The minimum absolute atomic E-state index is 0. The molecule has 0 saturated heterocycles. The number of hydrogen-bond donors (Lipinski definition) is 0. The van der Waals surface area contributed by atoms with E-state index in [2.05, 4.69) is 133 Å². The van der Waals surface area contributed by atoms with Gasteiger partial charge in [0.05, 0.1) is 0 Å². The number of allylic oxidation sites excluding steroid dienone is 1. The summed E-state index contributed by atoms with van der Waals surface area (Å²) in [4.78, 5) is 0.